The van der Waals surface area contributed by atoms with Crippen LogP contribution in [0.5, 0.6) is 0 Å². The molecule has 0 unspecified atom stereocenters. The highest BCUT2D eigenvalue weighted by Gasteiger charge is 2.17. The van der Waals surface area contributed by atoms with Crippen molar-refractivity contribution >= 4 is 49.8 Å². The molecule has 0 aromatic carbocycles. The van der Waals surface area contributed by atoms with Gasteiger partial charge in [0.1, 0.15) is 16.4 Å². The molecule has 0 bridgehead atoms. The molecule has 0 saturated heterocycles. The molecule has 0 spiro atoms. The van der Waals surface area contributed by atoms with E-state index in [9.17, 15) is 14.4 Å². The fourth-order valence-electron chi connectivity index (χ4n) is 2.48. The van der Waals surface area contributed by atoms with E-state index in [2.05, 4.69) is 10.3 Å². The minimum atomic E-state index is -0.492. The number of fused-ring (bicyclic) bond motifs is 1. The SMILES string of the molecule is CCOC(=O)c1ccsc1NC(=O)Cn1cnc2sc(C)c(C)c2c1=O. The van der Waals surface area contributed by atoms with Gasteiger partial charge in [0.2, 0.25) is 5.91 Å². The summed E-state index contributed by atoms with van der Waals surface area (Å²) in [7, 11) is 0. The number of esters is 1. The molecule has 0 aliphatic rings. The topological polar surface area (TPSA) is 90.3 Å². The van der Waals surface area contributed by atoms with Crippen LogP contribution in [0.2, 0.25) is 0 Å². The van der Waals surface area contributed by atoms with Gasteiger partial charge in [-0.05, 0) is 37.8 Å². The molecule has 7 nitrogen and oxygen atoms in total. The van der Waals surface area contributed by atoms with Crippen molar-refractivity contribution in [2.24, 2.45) is 0 Å². The lowest BCUT2D eigenvalue weighted by Crippen LogP contribution is -2.28. The van der Waals surface area contributed by atoms with Crippen molar-refractivity contribution in [1.29, 1.82) is 0 Å². The second-order valence-corrected chi connectivity index (χ2v) is 7.69. The molecule has 3 aromatic rings. The van der Waals surface area contributed by atoms with E-state index in [-0.39, 0.29) is 18.7 Å². The maximum atomic E-state index is 12.6. The zero-order valence-corrected chi connectivity index (χ0v) is 16.1. The van der Waals surface area contributed by atoms with Gasteiger partial charge in [0, 0.05) is 4.88 Å². The average Bonchev–Trinajstić information content (AvgIpc) is 3.16. The summed E-state index contributed by atoms with van der Waals surface area (Å²) < 4.78 is 6.23. The number of hydrogen-bond donors (Lipinski definition) is 1. The number of hydrogen-bond acceptors (Lipinski definition) is 7. The van der Waals surface area contributed by atoms with E-state index in [1.165, 1.54) is 33.6 Å². The fourth-order valence-corrected chi connectivity index (χ4v) is 4.26. The standard InChI is InChI=1S/C17H17N3O4S2/c1-4-24-17(23)11-5-6-25-14(11)19-12(21)7-20-8-18-15-13(16(20)22)9(2)10(3)26-15/h5-6,8H,4,7H2,1-3H3,(H,19,21). The Balaban J connectivity index is 1.81. The van der Waals surface area contributed by atoms with Gasteiger partial charge in [-0.2, -0.15) is 0 Å². The number of anilines is 1. The first-order valence-electron chi connectivity index (χ1n) is 7.92. The first-order valence-corrected chi connectivity index (χ1v) is 9.61. The third-order valence-electron chi connectivity index (χ3n) is 3.88. The molecule has 0 saturated carbocycles. The summed E-state index contributed by atoms with van der Waals surface area (Å²) >= 11 is 2.68. The number of nitrogens with zero attached hydrogens (tertiary/aromatic N) is 2. The maximum Gasteiger partial charge on any atom is 0.341 e. The number of aromatic nitrogens is 2. The number of amides is 1. The Kier molecular flexibility index (Phi) is 5.19. The minimum Gasteiger partial charge on any atom is -0.462 e. The van der Waals surface area contributed by atoms with Gasteiger partial charge in [-0.25, -0.2) is 9.78 Å². The van der Waals surface area contributed by atoms with Gasteiger partial charge in [0.25, 0.3) is 5.56 Å². The Labute approximate surface area is 157 Å². The first kappa shape index (κ1) is 18.3. The second kappa shape index (κ2) is 7.38. The van der Waals surface area contributed by atoms with Crippen LogP contribution in [0.1, 0.15) is 27.7 Å². The summed E-state index contributed by atoms with van der Waals surface area (Å²) in [6.45, 7) is 5.59. The number of carbonyl (C=O) groups excluding carboxylic acids is 2. The lowest BCUT2D eigenvalue weighted by Gasteiger charge is -2.08. The zero-order chi connectivity index (χ0) is 18.8. The van der Waals surface area contributed by atoms with Gasteiger partial charge in [-0.3, -0.25) is 14.2 Å². The largest absolute Gasteiger partial charge is 0.462 e. The molecule has 0 aliphatic heterocycles. The van der Waals surface area contributed by atoms with Crippen LogP contribution >= 0.6 is 22.7 Å². The van der Waals surface area contributed by atoms with Gasteiger partial charge in [0.15, 0.2) is 0 Å². The molecule has 3 rings (SSSR count). The number of aryl methyl sites for hydroxylation is 2. The molecule has 1 N–H and O–H groups in total. The molecule has 3 aromatic heterocycles. The molecular weight excluding hydrogens is 374 g/mol. The molecule has 0 radical (unpaired) electrons. The van der Waals surface area contributed by atoms with Crippen LogP contribution in [0.3, 0.4) is 0 Å². The van der Waals surface area contributed by atoms with Crippen LogP contribution in [0.4, 0.5) is 5.00 Å². The number of rotatable bonds is 5. The molecule has 0 fully saturated rings. The first-order chi connectivity index (χ1) is 12.4. The summed E-state index contributed by atoms with van der Waals surface area (Å²) in [5, 5.41) is 5.31. The molecule has 1 amide bonds. The van der Waals surface area contributed by atoms with Gasteiger partial charge in [0.05, 0.1) is 23.9 Å². The van der Waals surface area contributed by atoms with E-state index >= 15 is 0 Å². The Morgan fingerprint density at radius 1 is 1.35 bits per heavy atom. The predicted molar refractivity (Wildman–Crippen MR) is 102 cm³/mol. The highest BCUT2D eigenvalue weighted by Crippen LogP contribution is 2.26. The molecule has 26 heavy (non-hydrogen) atoms. The van der Waals surface area contributed by atoms with Crippen LogP contribution in [-0.2, 0) is 16.1 Å². The van der Waals surface area contributed by atoms with E-state index in [1.54, 1.807) is 18.4 Å². The molecule has 0 atom stereocenters. The number of nitrogens with one attached hydrogen (secondary N) is 1. The highest BCUT2D eigenvalue weighted by molar-refractivity contribution is 7.18. The molecule has 3 heterocycles. The average molecular weight is 391 g/mol. The van der Waals surface area contributed by atoms with E-state index in [0.29, 0.717) is 20.8 Å². The van der Waals surface area contributed by atoms with Crippen molar-refractivity contribution in [2.45, 2.75) is 27.3 Å². The van der Waals surface area contributed by atoms with Gasteiger partial charge >= 0.3 is 5.97 Å². The van der Waals surface area contributed by atoms with E-state index < -0.39 is 11.9 Å². The van der Waals surface area contributed by atoms with Crippen LogP contribution in [-0.4, -0.2) is 28.0 Å². The summed E-state index contributed by atoms with van der Waals surface area (Å²) in [6.07, 6.45) is 1.38. The lowest BCUT2D eigenvalue weighted by molar-refractivity contribution is -0.116. The van der Waals surface area contributed by atoms with Crippen LogP contribution in [0, 0.1) is 13.8 Å². The maximum absolute atomic E-state index is 12.6. The summed E-state index contributed by atoms with van der Waals surface area (Å²) in [4.78, 5) is 42.8. The van der Waals surface area contributed by atoms with E-state index in [1.807, 2.05) is 13.8 Å². The molecule has 0 aliphatic carbocycles. The molecule has 9 heteroatoms. The summed E-state index contributed by atoms with van der Waals surface area (Å²) in [6, 6.07) is 1.59. The summed E-state index contributed by atoms with van der Waals surface area (Å²) in [5.74, 6) is -0.903. The van der Waals surface area contributed by atoms with Gasteiger partial charge in [-0.1, -0.05) is 0 Å². The smallest absolute Gasteiger partial charge is 0.341 e. The zero-order valence-electron chi connectivity index (χ0n) is 14.5. The molecule has 136 valence electrons. The Hall–Kier alpha value is -2.52. The third kappa shape index (κ3) is 3.40. The second-order valence-electron chi connectivity index (χ2n) is 5.57. The van der Waals surface area contributed by atoms with Crippen molar-refractivity contribution in [3.05, 3.63) is 44.1 Å². The van der Waals surface area contributed by atoms with Gasteiger partial charge in [-0.15, -0.1) is 22.7 Å². The monoisotopic (exact) mass is 391 g/mol. The normalized spacial score (nSPS) is 10.9. The van der Waals surface area contributed by atoms with E-state index in [4.69, 9.17) is 4.74 Å². The van der Waals surface area contributed by atoms with Gasteiger partial charge < -0.3 is 10.1 Å². The Morgan fingerprint density at radius 2 is 2.12 bits per heavy atom. The fraction of sp³-hybridized carbons (Fsp3) is 0.294. The van der Waals surface area contributed by atoms with E-state index in [0.717, 1.165) is 10.4 Å². The number of carbonyl (C=O) groups is 2. The Bertz CT molecular complexity index is 1050. The quantitative estimate of drug-likeness (QED) is 0.676. The van der Waals surface area contributed by atoms with Crippen LogP contribution in [0.25, 0.3) is 10.2 Å². The van der Waals surface area contributed by atoms with Crippen molar-refractivity contribution < 1.29 is 14.3 Å². The van der Waals surface area contributed by atoms with Crippen molar-refractivity contribution in [3.63, 3.8) is 0 Å². The molecular formula is C17H17N3O4S2. The third-order valence-corrected chi connectivity index (χ3v) is 5.83. The van der Waals surface area contributed by atoms with Crippen molar-refractivity contribution in [1.82, 2.24) is 9.55 Å². The van der Waals surface area contributed by atoms with Crippen LogP contribution < -0.4 is 10.9 Å². The predicted octanol–water partition coefficient (Wildman–Crippen LogP) is 2.95. The van der Waals surface area contributed by atoms with Crippen molar-refractivity contribution in [2.75, 3.05) is 11.9 Å². The minimum absolute atomic E-state index is 0.184. The number of thiophene rings is 2. The summed E-state index contributed by atoms with van der Waals surface area (Å²) in [5.41, 5.74) is 0.944. The van der Waals surface area contributed by atoms with Crippen LogP contribution in [0.15, 0.2) is 22.6 Å². The van der Waals surface area contributed by atoms with Crippen molar-refractivity contribution in [3.8, 4) is 0 Å². The lowest BCUT2D eigenvalue weighted by atomic mass is 10.2. The Morgan fingerprint density at radius 3 is 2.85 bits per heavy atom. The number of ether oxygens (including phenoxy) is 1. The highest BCUT2D eigenvalue weighted by atomic mass is 32.1.